The lowest BCUT2D eigenvalue weighted by Gasteiger charge is -2.21. The number of nitrogens with zero attached hydrogens (tertiary/aromatic N) is 1. The van der Waals surface area contributed by atoms with Gasteiger partial charge in [-0.1, -0.05) is 84.9 Å². The molecule has 0 bridgehead atoms. The first kappa shape index (κ1) is 17.4. The average Bonchev–Trinajstić information content (AvgIpc) is 3.54. The Morgan fingerprint density at radius 1 is 0.441 bits per heavy atom. The summed E-state index contributed by atoms with van der Waals surface area (Å²) >= 11 is 0. The lowest BCUT2D eigenvalue weighted by Crippen LogP contribution is -2.07. The molecule has 0 atom stereocenters. The van der Waals surface area contributed by atoms with E-state index in [1.165, 1.54) is 83.1 Å². The van der Waals surface area contributed by atoms with Crippen LogP contribution in [0.15, 0.2) is 91.0 Å². The van der Waals surface area contributed by atoms with Gasteiger partial charge in [0.15, 0.2) is 0 Å². The van der Waals surface area contributed by atoms with E-state index < -0.39 is 0 Å². The molecule has 0 N–H and O–H groups in total. The molecule has 2 heterocycles. The molecular weight excluding hydrogens is 410 g/mol. The normalized spacial score (nSPS) is 14.1. The van der Waals surface area contributed by atoms with Gasteiger partial charge < -0.3 is 4.57 Å². The Kier molecular flexibility index (Phi) is 3.00. The first-order valence-electron chi connectivity index (χ1n) is 12.3. The molecule has 1 nitrogen and oxygen atoms in total. The topological polar surface area (TPSA) is 4.93 Å². The van der Waals surface area contributed by atoms with Crippen LogP contribution in [0.1, 0.15) is 33.4 Å². The van der Waals surface area contributed by atoms with Crippen molar-refractivity contribution in [1.82, 2.24) is 4.57 Å². The van der Waals surface area contributed by atoms with E-state index in [1.54, 1.807) is 0 Å². The van der Waals surface area contributed by atoms with Gasteiger partial charge in [0.1, 0.15) is 0 Å². The summed E-state index contributed by atoms with van der Waals surface area (Å²) < 4.78 is 2.58. The highest BCUT2D eigenvalue weighted by Crippen LogP contribution is 2.51. The lowest BCUT2D eigenvalue weighted by molar-refractivity contribution is 1.04. The SMILES string of the molecule is c1ccc2c(c1)Cc1ccc3c(c1-2)Cc1ccc2c4cccc5c4n(c2c1-3)-c1ccccc1C5. The Balaban J connectivity index is 1.45. The molecule has 1 aromatic heterocycles. The summed E-state index contributed by atoms with van der Waals surface area (Å²) in [6.45, 7) is 0. The minimum absolute atomic E-state index is 1.01. The minimum atomic E-state index is 1.01. The fourth-order valence-electron chi connectivity index (χ4n) is 7.09. The first-order valence-corrected chi connectivity index (χ1v) is 12.3. The van der Waals surface area contributed by atoms with Gasteiger partial charge in [-0.3, -0.25) is 0 Å². The molecular formula is C33H21N. The van der Waals surface area contributed by atoms with E-state index in [2.05, 4.69) is 95.6 Å². The maximum atomic E-state index is 2.58. The van der Waals surface area contributed by atoms with E-state index in [1.807, 2.05) is 0 Å². The highest BCUT2D eigenvalue weighted by Gasteiger charge is 2.32. The fraction of sp³-hybridized carbons (Fsp3) is 0.0909. The molecule has 34 heavy (non-hydrogen) atoms. The molecule has 9 rings (SSSR count). The van der Waals surface area contributed by atoms with Crippen LogP contribution in [0.3, 0.4) is 0 Å². The van der Waals surface area contributed by atoms with E-state index in [-0.39, 0.29) is 0 Å². The predicted molar refractivity (Wildman–Crippen MR) is 140 cm³/mol. The largest absolute Gasteiger partial charge is 0.308 e. The molecule has 6 aromatic rings. The van der Waals surface area contributed by atoms with Crippen molar-refractivity contribution in [2.75, 3.05) is 0 Å². The van der Waals surface area contributed by atoms with Crippen molar-refractivity contribution in [1.29, 1.82) is 0 Å². The Morgan fingerprint density at radius 3 is 2.15 bits per heavy atom. The molecule has 158 valence electrons. The number of hydrogen-bond donors (Lipinski definition) is 0. The number of fused-ring (bicyclic) bond motifs is 13. The van der Waals surface area contributed by atoms with Crippen LogP contribution in [0.4, 0.5) is 0 Å². The minimum Gasteiger partial charge on any atom is -0.308 e. The molecule has 2 aliphatic carbocycles. The van der Waals surface area contributed by atoms with Crippen LogP contribution in [0.5, 0.6) is 0 Å². The average molecular weight is 432 g/mol. The van der Waals surface area contributed by atoms with E-state index in [0.717, 1.165) is 19.3 Å². The predicted octanol–water partition coefficient (Wildman–Crippen LogP) is 7.83. The monoisotopic (exact) mass is 431 g/mol. The van der Waals surface area contributed by atoms with Crippen LogP contribution in [-0.4, -0.2) is 4.57 Å². The van der Waals surface area contributed by atoms with Crippen molar-refractivity contribution in [3.63, 3.8) is 0 Å². The Bertz CT molecular complexity index is 1880. The summed E-state index contributed by atoms with van der Waals surface area (Å²) in [5.74, 6) is 0. The van der Waals surface area contributed by atoms with Crippen molar-refractivity contribution in [3.8, 4) is 27.9 Å². The molecule has 3 aliphatic rings. The Morgan fingerprint density at radius 2 is 1.18 bits per heavy atom. The summed E-state index contributed by atoms with van der Waals surface area (Å²) in [6, 6.07) is 34.4. The smallest absolute Gasteiger partial charge is 0.0622 e. The summed E-state index contributed by atoms with van der Waals surface area (Å²) in [6.07, 6.45) is 3.09. The van der Waals surface area contributed by atoms with Crippen LogP contribution < -0.4 is 0 Å². The van der Waals surface area contributed by atoms with Crippen molar-refractivity contribution < 1.29 is 0 Å². The quantitative estimate of drug-likeness (QED) is 0.231. The summed E-state index contributed by atoms with van der Waals surface area (Å²) in [7, 11) is 0. The van der Waals surface area contributed by atoms with E-state index >= 15 is 0 Å². The fourth-order valence-corrected chi connectivity index (χ4v) is 7.09. The van der Waals surface area contributed by atoms with Crippen molar-refractivity contribution >= 4 is 21.8 Å². The zero-order valence-electron chi connectivity index (χ0n) is 18.7. The van der Waals surface area contributed by atoms with Gasteiger partial charge in [0.2, 0.25) is 0 Å². The second-order valence-corrected chi connectivity index (χ2v) is 10.1. The van der Waals surface area contributed by atoms with Crippen LogP contribution in [0.2, 0.25) is 0 Å². The molecule has 1 heteroatoms. The summed E-state index contributed by atoms with van der Waals surface area (Å²) in [4.78, 5) is 0. The van der Waals surface area contributed by atoms with Crippen molar-refractivity contribution in [3.05, 3.63) is 124 Å². The third kappa shape index (κ3) is 1.94. The Labute approximate surface area is 197 Å². The van der Waals surface area contributed by atoms with Gasteiger partial charge in [0.25, 0.3) is 0 Å². The van der Waals surface area contributed by atoms with Crippen molar-refractivity contribution in [2.24, 2.45) is 0 Å². The van der Waals surface area contributed by atoms with Gasteiger partial charge in [0.05, 0.1) is 11.0 Å². The first-order chi connectivity index (χ1) is 16.9. The summed E-state index contributed by atoms with van der Waals surface area (Å²) in [5, 5.41) is 2.76. The van der Waals surface area contributed by atoms with Gasteiger partial charge in [-0.25, -0.2) is 0 Å². The standard InChI is InChI=1S/C33H21N/c1-3-9-24-19(6-1)16-21-12-14-25-28(30(21)24)18-22-13-15-27-26-10-5-8-23-17-20-7-2-4-11-29(20)34(32(23)26)33(27)31(22)25/h1-15H,16-18H2. The van der Waals surface area contributed by atoms with Crippen LogP contribution in [0.25, 0.3) is 49.7 Å². The molecule has 0 saturated carbocycles. The van der Waals surface area contributed by atoms with Crippen molar-refractivity contribution in [2.45, 2.75) is 19.3 Å². The number of benzene rings is 5. The molecule has 5 aromatic carbocycles. The number of rotatable bonds is 0. The molecule has 0 amide bonds. The number of para-hydroxylation sites is 2. The molecule has 1 aliphatic heterocycles. The molecule has 0 unspecified atom stereocenters. The van der Waals surface area contributed by atoms with E-state index in [0.29, 0.717) is 0 Å². The van der Waals surface area contributed by atoms with Gasteiger partial charge in [-0.05, 0) is 69.0 Å². The van der Waals surface area contributed by atoms with Crippen LogP contribution in [0, 0.1) is 0 Å². The third-order valence-corrected chi connectivity index (χ3v) is 8.44. The maximum absolute atomic E-state index is 2.58. The van der Waals surface area contributed by atoms with E-state index in [9.17, 15) is 0 Å². The van der Waals surface area contributed by atoms with Gasteiger partial charge >= 0.3 is 0 Å². The molecule has 0 saturated heterocycles. The van der Waals surface area contributed by atoms with Gasteiger partial charge in [-0.2, -0.15) is 0 Å². The number of hydrogen-bond acceptors (Lipinski definition) is 0. The highest BCUT2D eigenvalue weighted by atomic mass is 15.0. The lowest BCUT2D eigenvalue weighted by atomic mass is 9.95. The van der Waals surface area contributed by atoms with Crippen LogP contribution >= 0.6 is 0 Å². The zero-order valence-corrected chi connectivity index (χ0v) is 18.7. The van der Waals surface area contributed by atoms with E-state index in [4.69, 9.17) is 0 Å². The second-order valence-electron chi connectivity index (χ2n) is 10.1. The summed E-state index contributed by atoms with van der Waals surface area (Å²) in [5.41, 5.74) is 18.7. The molecule has 0 spiro atoms. The zero-order chi connectivity index (χ0) is 22.0. The van der Waals surface area contributed by atoms with Gasteiger partial charge in [0, 0.05) is 28.4 Å². The second kappa shape index (κ2) is 5.87. The third-order valence-electron chi connectivity index (χ3n) is 8.44. The van der Waals surface area contributed by atoms with Gasteiger partial charge in [-0.15, -0.1) is 0 Å². The highest BCUT2D eigenvalue weighted by molar-refractivity contribution is 6.16. The number of aromatic nitrogens is 1. The molecule has 0 fully saturated rings. The maximum Gasteiger partial charge on any atom is 0.0622 e. The Hall–Kier alpha value is -4.10. The van der Waals surface area contributed by atoms with Crippen LogP contribution in [-0.2, 0) is 19.3 Å². The molecule has 0 radical (unpaired) electrons.